The fourth-order valence-electron chi connectivity index (χ4n) is 3.24. The highest BCUT2D eigenvalue weighted by Gasteiger charge is 2.20. The van der Waals surface area contributed by atoms with Gasteiger partial charge in [-0.1, -0.05) is 33.1 Å². The van der Waals surface area contributed by atoms with Crippen molar-refractivity contribution in [2.45, 2.75) is 72.0 Å². The largest absolute Gasteiger partial charge is 0.312 e. The molecule has 114 valence electrons. The fourth-order valence-corrected chi connectivity index (χ4v) is 4.27. The van der Waals surface area contributed by atoms with Crippen molar-refractivity contribution in [1.29, 1.82) is 0 Å². The summed E-state index contributed by atoms with van der Waals surface area (Å²) < 4.78 is 0. The van der Waals surface area contributed by atoms with Gasteiger partial charge in [0, 0.05) is 28.9 Å². The van der Waals surface area contributed by atoms with E-state index in [4.69, 9.17) is 0 Å². The smallest absolute Gasteiger partial charge is 0.0299 e. The summed E-state index contributed by atoms with van der Waals surface area (Å²) in [7, 11) is 0. The standard InChI is InChI=1S/C17H30N2S/c1-4-18-12-17-11-15(14(3)20-17)13-19(5-2)16-9-7-6-8-10-16/h11,16,18H,4-10,12-13H2,1-3H3. The molecule has 0 amide bonds. The van der Waals surface area contributed by atoms with Crippen LogP contribution in [0.25, 0.3) is 0 Å². The van der Waals surface area contributed by atoms with Crippen molar-refractivity contribution in [3.8, 4) is 0 Å². The van der Waals surface area contributed by atoms with Crippen LogP contribution in [0.3, 0.4) is 0 Å². The van der Waals surface area contributed by atoms with Crippen molar-refractivity contribution in [3.05, 3.63) is 21.4 Å². The normalized spacial score (nSPS) is 17.0. The number of thiophene rings is 1. The molecule has 1 aromatic rings. The maximum absolute atomic E-state index is 3.43. The van der Waals surface area contributed by atoms with E-state index in [1.807, 2.05) is 11.3 Å². The van der Waals surface area contributed by atoms with Crippen LogP contribution >= 0.6 is 11.3 Å². The van der Waals surface area contributed by atoms with Crippen LogP contribution in [0.5, 0.6) is 0 Å². The molecule has 1 saturated carbocycles. The lowest BCUT2D eigenvalue weighted by atomic mass is 9.94. The lowest BCUT2D eigenvalue weighted by Gasteiger charge is -2.33. The average molecular weight is 295 g/mol. The van der Waals surface area contributed by atoms with Gasteiger partial charge in [-0.05, 0) is 44.5 Å². The lowest BCUT2D eigenvalue weighted by Crippen LogP contribution is -2.36. The summed E-state index contributed by atoms with van der Waals surface area (Å²) in [6.45, 7) is 11.2. The van der Waals surface area contributed by atoms with Crippen LogP contribution in [-0.4, -0.2) is 24.0 Å². The molecular weight excluding hydrogens is 264 g/mol. The molecule has 3 heteroatoms. The van der Waals surface area contributed by atoms with Crippen molar-refractivity contribution in [1.82, 2.24) is 10.2 Å². The Labute approximate surface area is 128 Å². The number of hydrogen-bond donors (Lipinski definition) is 1. The van der Waals surface area contributed by atoms with Crippen molar-refractivity contribution < 1.29 is 0 Å². The van der Waals surface area contributed by atoms with Crippen LogP contribution in [0.4, 0.5) is 0 Å². The molecule has 2 rings (SSSR count). The molecule has 1 heterocycles. The van der Waals surface area contributed by atoms with Crippen LogP contribution in [0, 0.1) is 6.92 Å². The molecule has 1 aliphatic rings. The van der Waals surface area contributed by atoms with E-state index < -0.39 is 0 Å². The van der Waals surface area contributed by atoms with Crippen molar-refractivity contribution in [2.24, 2.45) is 0 Å². The van der Waals surface area contributed by atoms with Gasteiger partial charge in [0.1, 0.15) is 0 Å². The van der Waals surface area contributed by atoms with E-state index in [2.05, 4.69) is 37.1 Å². The van der Waals surface area contributed by atoms with Crippen molar-refractivity contribution >= 4 is 11.3 Å². The number of hydrogen-bond acceptors (Lipinski definition) is 3. The highest BCUT2D eigenvalue weighted by atomic mass is 32.1. The Morgan fingerprint density at radius 3 is 2.65 bits per heavy atom. The third kappa shape index (κ3) is 4.31. The summed E-state index contributed by atoms with van der Waals surface area (Å²) in [5.74, 6) is 0. The van der Waals surface area contributed by atoms with E-state index in [1.165, 1.54) is 48.4 Å². The molecule has 0 aliphatic heterocycles. The molecule has 1 fully saturated rings. The maximum atomic E-state index is 3.43. The van der Waals surface area contributed by atoms with Gasteiger partial charge < -0.3 is 5.32 Å². The van der Waals surface area contributed by atoms with Gasteiger partial charge in [0.2, 0.25) is 0 Å². The van der Waals surface area contributed by atoms with E-state index in [0.29, 0.717) is 0 Å². The number of rotatable bonds is 7. The molecule has 20 heavy (non-hydrogen) atoms. The van der Waals surface area contributed by atoms with Crippen LogP contribution in [-0.2, 0) is 13.1 Å². The summed E-state index contributed by atoms with van der Waals surface area (Å²) >= 11 is 1.96. The monoisotopic (exact) mass is 294 g/mol. The second kappa shape index (κ2) is 8.16. The van der Waals surface area contributed by atoms with E-state index >= 15 is 0 Å². The molecule has 0 bridgehead atoms. The topological polar surface area (TPSA) is 15.3 Å². The maximum Gasteiger partial charge on any atom is 0.0299 e. The van der Waals surface area contributed by atoms with Gasteiger partial charge in [0.05, 0.1) is 0 Å². The lowest BCUT2D eigenvalue weighted by molar-refractivity contribution is 0.156. The fraction of sp³-hybridized carbons (Fsp3) is 0.765. The Hall–Kier alpha value is -0.380. The molecule has 0 spiro atoms. The molecule has 1 aliphatic carbocycles. The van der Waals surface area contributed by atoms with Gasteiger partial charge in [0.25, 0.3) is 0 Å². The molecule has 2 nitrogen and oxygen atoms in total. The van der Waals surface area contributed by atoms with Crippen LogP contribution < -0.4 is 5.32 Å². The zero-order valence-electron chi connectivity index (χ0n) is 13.4. The first-order valence-electron chi connectivity index (χ1n) is 8.27. The third-order valence-electron chi connectivity index (χ3n) is 4.49. The summed E-state index contributed by atoms with van der Waals surface area (Å²) in [5, 5.41) is 3.43. The Kier molecular flexibility index (Phi) is 6.53. The Morgan fingerprint density at radius 1 is 1.25 bits per heavy atom. The van der Waals surface area contributed by atoms with E-state index in [-0.39, 0.29) is 0 Å². The molecule has 1 aromatic heterocycles. The molecule has 0 atom stereocenters. The Bertz CT molecular complexity index is 394. The molecule has 0 radical (unpaired) electrons. The molecule has 0 saturated heterocycles. The average Bonchev–Trinajstić information content (AvgIpc) is 2.83. The highest BCUT2D eigenvalue weighted by molar-refractivity contribution is 7.12. The molecule has 0 aromatic carbocycles. The van der Waals surface area contributed by atoms with Gasteiger partial charge in [-0.3, -0.25) is 4.90 Å². The minimum atomic E-state index is 0.824. The number of nitrogens with zero attached hydrogens (tertiary/aromatic N) is 1. The van der Waals surface area contributed by atoms with E-state index in [0.717, 1.165) is 25.7 Å². The third-order valence-corrected chi connectivity index (χ3v) is 5.58. The first-order chi connectivity index (χ1) is 9.74. The Morgan fingerprint density at radius 2 is 2.00 bits per heavy atom. The van der Waals surface area contributed by atoms with Gasteiger partial charge in [0.15, 0.2) is 0 Å². The molecule has 0 unspecified atom stereocenters. The van der Waals surface area contributed by atoms with E-state index in [1.54, 1.807) is 5.56 Å². The SMILES string of the molecule is CCNCc1cc(CN(CC)C2CCCCC2)c(C)s1. The van der Waals surface area contributed by atoms with Gasteiger partial charge in [-0.15, -0.1) is 11.3 Å². The van der Waals surface area contributed by atoms with Crippen LogP contribution in [0.1, 0.15) is 61.3 Å². The predicted molar refractivity (Wildman–Crippen MR) is 89.4 cm³/mol. The summed E-state index contributed by atoms with van der Waals surface area (Å²) in [4.78, 5) is 5.69. The van der Waals surface area contributed by atoms with Gasteiger partial charge >= 0.3 is 0 Å². The first-order valence-corrected chi connectivity index (χ1v) is 9.09. The van der Waals surface area contributed by atoms with Crippen LogP contribution in [0.2, 0.25) is 0 Å². The summed E-state index contributed by atoms with van der Waals surface area (Å²) in [5.41, 5.74) is 1.55. The molecular formula is C17H30N2S. The second-order valence-electron chi connectivity index (χ2n) is 5.93. The van der Waals surface area contributed by atoms with Crippen molar-refractivity contribution in [2.75, 3.05) is 13.1 Å². The van der Waals surface area contributed by atoms with Crippen molar-refractivity contribution in [3.63, 3.8) is 0 Å². The minimum Gasteiger partial charge on any atom is -0.312 e. The second-order valence-corrected chi connectivity index (χ2v) is 7.27. The number of aryl methyl sites for hydroxylation is 1. The first kappa shape index (κ1) is 16.0. The summed E-state index contributed by atoms with van der Waals surface area (Å²) in [6, 6.07) is 3.25. The Balaban J connectivity index is 1.97. The van der Waals surface area contributed by atoms with Gasteiger partial charge in [-0.2, -0.15) is 0 Å². The zero-order chi connectivity index (χ0) is 14.4. The quantitative estimate of drug-likeness (QED) is 0.805. The predicted octanol–water partition coefficient (Wildman–Crippen LogP) is 4.32. The van der Waals surface area contributed by atoms with Crippen LogP contribution in [0.15, 0.2) is 6.07 Å². The summed E-state index contributed by atoms with van der Waals surface area (Å²) in [6.07, 6.45) is 7.10. The van der Waals surface area contributed by atoms with Gasteiger partial charge in [-0.25, -0.2) is 0 Å². The molecule has 1 N–H and O–H groups in total. The zero-order valence-corrected chi connectivity index (χ0v) is 14.2. The minimum absolute atomic E-state index is 0.824. The highest BCUT2D eigenvalue weighted by Crippen LogP contribution is 2.27. The number of nitrogens with one attached hydrogen (secondary N) is 1. The van der Waals surface area contributed by atoms with E-state index in [9.17, 15) is 0 Å².